The lowest BCUT2D eigenvalue weighted by Crippen LogP contribution is -2.41. The van der Waals surface area contributed by atoms with Gasteiger partial charge in [-0.2, -0.15) is 0 Å². The number of rotatable bonds is 3. The van der Waals surface area contributed by atoms with Crippen LogP contribution in [0.1, 0.15) is 45.2 Å². The molecule has 1 aromatic rings. The van der Waals surface area contributed by atoms with Gasteiger partial charge in [-0.05, 0) is 49.4 Å². The number of hydrogen-bond donors (Lipinski definition) is 1. The van der Waals surface area contributed by atoms with Gasteiger partial charge in [0.25, 0.3) is 0 Å². The van der Waals surface area contributed by atoms with Crippen LogP contribution in [0.5, 0.6) is 11.5 Å². The third kappa shape index (κ3) is 3.21. The number of benzene rings is 1. The van der Waals surface area contributed by atoms with Gasteiger partial charge in [0.2, 0.25) is 0 Å². The van der Waals surface area contributed by atoms with Crippen LogP contribution in [0.3, 0.4) is 0 Å². The zero-order chi connectivity index (χ0) is 14.0. The summed E-state index contributed by atoms with van der Waals surface area (Å²) in [7, 11) is 1.59. The maximum atomic E-state index is 9.67. The van der Waals surface area contributed by atoms with Crippen LogP contribution in [-0.2, 0) is 0 Å². The molecule has 1 saturated heterocycles. The van der Waals surface area contributed by atoms with Crippen molar-refractivity contribution in [1.29, 1.82) is 0 Å². The largest absolute Gasteiger partial charge is 0.504 e. The molecule has 3 heteroatoms. The minimum atomic E-state index is 0.206. The normalized spacial score (nSPS) is 21.1. The Morgan fingerprint density at radius 3 is 2.74 bits per heavy atom. The molecule has 1 aliphatic heterocycles. The highest BCUT2D eigenvalue weighted by Gasteiger charge is 2.29. The van der Waals surface area contributed by atoms with Gasteiger partial charge in [-0.15, -0.1) is 0 Å². The van der Waals surface area contributed by atoms with E-state index in [0.717, 1.165) is 13.1 Å². The molecule has 0 saturated carbocycles. The average Bonchev–Trinajstić information content (AvgIpc) is 2.37. The minimum Gasteiger partial charge on any atom is -0.504 e. The van der Waals surface area contributed by atoms with E-state index in [9.17, 15) is 5.11 Å². The van der Waals surface area contributed by atoms with E-state index in [1.165, 1.54) is 18.4 Å². The molecule has 1 fully saturated rings. The van der Waals surface area contributed by atoms with Crippen LogP contribution in [0.2, 0.25) is 0 Å². The first-order chi connectivity index (χ1) is 8.93. The van der Waals surface area contributed by atoms with Crippen LogP contribution in [0.25, 0.3) is 0 Å². The summed E-state index contributed by atoms with van der Waals surface area (Å²) in [6, 6.07) is 6.01. The molecule has 1 heterocycles. The predicted molar refractivity (Wildman–Crippen MR) is 77.7 cm³/mol. The lowest BCUT2D eigenvalue weighted by molar-refractivity contribution is 0.0845. The number of piperidine rings is 1. The van der Waals surface area contributed by atoms with Crippen LogP contribution in [0.15, 0.2) is 18.2 Å². The molecule has 1 aromatic carbocycles. The fourth-order valence-corrected chi connectivity index (χ4v) is 2.96. The molecule has 1 atom stereocenters. The summed E-state index contributed by atoms with van der Waals surface area (Å²) in [5, 5.41) is 9.67. The third-order valence-corrected chi connectivity index (χ3v) is 4.16. The Morgan fingerprint density at radius 2 is 2.11 bits per heavy atom. The Balaban J connectivity index is 2.17. The molecule has 1 aliphatic rings. The molecule has 1 unspecified atom stereocenters. The van der Waals surface area contributed by atoms with Gasteiger partial charge in [-0.25, -0.2) is 0 Å². The van der Waals surface area contributed by atoms with E-state index >= 15 is 0 Å². The Labute approximate surface area is 116 Å². The van der Waals surface area contributed by atoms with Gasteiger partial charge < -0.3 is 9.84 Å². The molecule has 0 radical (unpaired) electrons. The highest BCUT2D eigenvalue weighted by atomic mass is 16.5. The molecule has 0 aromatic heterocycles. The van der Waals surface area contributed by atoms with Gasteiger partial charge >= 0.3 is 0 Å². The molecule has 2 rings (SSSR count). The van der Waals surface area contributed by atoms with Crippen molar-refractivity contribution in [3.8, 4) is 11.5 Å². The maximum Gasteiger partial charge on any atom is 0.160 e. The number of aromatic hydroxyl groups is 1. The third-order valence-electron chi connectivity index (χ3n) is 4.16. The molecular formula is C16H25NO2. The van der Waals surface area contributed by atoms with Crippen LogP contribution in [0.4, 0.5) is 0 Å². The highest BCUT2D eigenvalue weighted by molar-refractivity contribution is 5.42. The number of phenols is 1. The van der Waals surface area contributed by atoms with Crippen LogP contribution >= 0.6 is 0 Å². The summed E-state index contributed by atoms with van der Waals surface area (Å²) in [6.07, 6.45) is 2.56. The van der Waals surface area contributed by atoms with E-state index in [4.69, 9.17) is 4.74 Å². The van der Waals surface area contributed by atoms with Gasteiger partial charge in [0.05, 0.1) is 7.11 Å². The molecule has 3 nitrogen and oxygen atoms in total. The molecule has 106 valence electrons. The van der Waals surface area contributed by atoms with Crippen molar-refractivity contribution >= 4 is 0 Å². The molecule has 0 spiro atoms. The summed E-state index contributed by atoms with van der Waals surface area (Å²) >= 11 is 0. The van der Waals surface area contributed by atoms with E-state index < -0.39 is 0 Å². The van der Waals surface area contributed by atoms with Crippen molar-refractivity contribution in [2.24, 2.45) is 5.41 Å². The standard InChI is InChI=1S/C16H25NO2/c1-12(17-9-5-8-16(2,3)11-17)13-6-7-14(18)15(10-13)19-4/h6-7,10,12,18H,5,8-9,11H2,1-4H3. The second kappa shape index (κ2) is 5.41. The number of nitrogens with zero attached hydrogens (tertiary/aromatic N) is 1. The van der Waals surface area contributed by atoms with Crippen LogP contribution in [0, 0.1) is 5.41 Å². The number of methoxy groups -OCH3 is 1. The van der Waals surface area contributed by atoms with Gasteiger partial charge in [0.1, 0.15) is 0 Å². The fraction of sp³-hybridized carbons (Fsp3) is 0.625. The Kier molecular flexibility index (Phi) is 4.04. The SMILES string of the molecule is COc1cc(C(C)N2CCCC(C)(C)C2)ccc1O. The summed E-state index contributed by atoms with van der Waals surface area (Å²) < 4.78 is 5.20. The van der Waals surface area contributed by atoms with E-state index in [-0.39, 0.29) is 5.75 Å². The lowest BCUT2D eigenvalue weighted by Gasteiger charge is -2.41. The number of ether oxygens (including phenoxy) is 1. The fourth-order valence-electron chi connectivity index (χ4n) is 2.96. The Bertz CT molecular complexity index is 442. The molecule has 1 N–H and O–H groups in total. The predicted octanol–water partition coefficient (Wildman–Crippen LogP) is 3.58. The highest BCUT2D eigenvalue weighted by Crippen LogP contribution is 2.35. The Morgan fingerprint density at radius 1 is 1.37 bits per heavy atom. The molecule has 0 bridgehead atoms. The number of phenolic OH excluding ortho intramolecular Hbond substituents is 1. The zero-order valence-electron chi connectivity index (χ0n) is 12.4. The number of hydrogen-bond acceptors (Lipinski definition) is 3. The van der Waals surface area contributed by atoms with Crippen molar-refractivity contribution in [1.82, 2.24) is 4.90 Å². The van der Waals surface area contributed by atoms with Gasteiger partial charge in [-0.1, -0.05) is 19.9 Å². The minimum absolute atomic E-state index is 0.206. The topological polar surface area (TPSA) is 32.7 Å². The zero-order valence-corrected chi connectivity index (χ0v) is 12.4. The molecule has 0 aliphatic carbocycles. The van der Waals surface area contributed by atoms with E-state index in [1.54, 1.807) is 13.2 Å². The van der Waals surface area contributed by atoms with Crippen molar-refractivity contribution in [3.05, 3.63) is 23.8 Å². The smallest absolute Gasteiger partial charge is 0.160 e. The van der Waals surface area contributed by atoms with Gasteiger partial charge in [-0.3, -0.25) is 4.90 Å². The van der Waals surface area contributed by atoms with Crippen molar-refractivity contribution in [3.63, 3.8) is 0 Å². The quantitative estimate of drug-likeness (QED) is 0.904. The van der Waals surface area contributed by atoms with Crippen molar-refractivity contribution in [2.45, 2.75) is 39.7 Å². The average molecular weight is 263 g/mol. The number of likely N-dealkylation sites (tertiary alicyclic amines) is 1. The first-order valence-corrected chi connectivity index (χ1v) is 7.04. The first-order valence-electron chi connectivity index (χ1n) is 7.04. The summed E-state index contributed by atoms with van der Waals surface area (Å²) in [5.41, 5.74) is 1.60. The summed E-state index contributed by atoms with van der Waals surface area (Å²) in [6.45, 7) is 9.17. The summed E-state index contributed by atoms with van der Waals surface area (Å²) in [5.74, 6) is 0.762. The van der Waals surface area contributed by atoms with Gasteiger partial charge in [0.15, 0.2) is 11.5 Å². The first kappa shape index (κ1) is 14.2. The maximum absolute atomic E-state index is 9.67. The van der Waals surface area contributed by atoms with E-state index in [0.29, 0.717) is 17.2 Å². The second-order valence-corrected chi connectivity index (χ2v) is 6.35. The van der Waals surface area contributed by atoms with Crippen LogP contribution < -0.4 is 4.74 Å². The van der Waals surface area contributed by atoms with Gasteiger partial charge in [0, 0.05) is 12.6 Å². The molecular weight excluding hydrogens is 238 g/mol. The molecule has 0 amide bonds. The van der Waals surface area contributed by atoms with Crippen molar-refractivity contribution < 1.29 is 9.84 Å². The van der Waals surface area contributed by atoms with E-state index in [1.807, 2.05) is 12.1 Å². The van der Waals surface area contributed by atoms with Crippen molar-refractivity contribution in [2.75, 3.05) is 20.2 Å². The van der Waals surface area contributed by atoms with Crippen LogP contribution in [-0.4, -0.2) is 30.2 Å². The Hall–Kier alpha value is -1.22. The second-order valence-electron chi connectivity index (χ2n) is 6.35. The lowest BCUT2D eigenvalue weighted by atomic mass is 9.83. The molecule has 19 heavy (non-hydrogen) atoms. The monoisotopic (exact) mass is 263 g/mol. The van der Waals surface area contributed by atoms with E-state index in [2.05, 4.69) is 25.7 Å². The summed E-state index contributed by atoms with van der Waals surface area (Å²) in [4.78, 5) is 2.52.